The number of hydrogen-bond donors (Lipinski definition) is 2. The number of carbonyl (C=O) groups excluding carboxylic acids is 1. The average molecular weight is 424 g/mol. The normalized spacial score (nSPS) is 11.1. The van der Waals surface area contributed by atoms with Gasteiger partial charge in [-0.2, -0.15) is 13.2 Å². The van der Waals surface area contributed by atoms with E-state index in [1.165, 1.54) is 24.1 Å². The van der Waals surface area contributed by atoms with Crippen molar-refractivity contribution in [3.63, 3.8) is 0 Å². The highest BCUT2D eigenvalue weighted by molar-refractivity contribution is 8.00. The highest BCUT2D eigenvalue weighted by Crippen LogP contribution is 2.31. The fourth-order valence-corrected chi connectivity index (χ4v) is 2.96. The van der Waals surface area contributed by atoms with Gasteiger partial charge < -0.3 is 10.0 Å². The van der Waals surface area contributed by atoms with Gasteiger partial charge in [0.15, 0.2) is 0 Å². The number of rotatable bonds is 5. The molecule has 0 unspecified atom stereocenters. The molecule has 3 aromatic rings. The van der Waals surface area contributed by atoms with Crippen LogP contribution < -0.4 is 10.0 Å². The van der Waals surface area contributed by atoms with Gasteiger partial charge in [0, 0.05) is 28.0 Å². The lowest BCUT2D eigenvalue weighted by Crippen LogP contribution is -2.13. The maximum atomic E-state index is 12.8. The van der Waals surface area contributed by atoms with Gasteiger partial charge in [-0.3, -0.25) is 4.79 Å². The molecule has 0 saturated carbocycles. The van der Waals surface area contributed by atoms with E-state index in [1.54, 1.807) is 42.6 Å². The molecule has 4 nitrogen and oxygen atoms in total. The number of halogens is 4. The Morgan fingerprint density at radius 2 is 1.75 bits per heavy atom. The largest absolute Gasteiger partial charge is 0.416 e. The first-order chi connectivity index (χ1) is 13.3. The molecule has 0 aliphatic heterocycles. The van der Waals surface area contributed by atoms with Crippen LogP contribution in [0.3, 0.4) is 0 Å². The van der Waals surface area contributed by atoms with Crippen LogP contribution in [0.4, 0.5) is 24.5 Å². The van der Waals surface area contributed by atoms with Crippen LogP contribution in [0.5, 0.6) is 0 Å². The Bertz CT molecular complexity index is 981. The number of amides is 1. The van der Waals surface area contributed by atoms with E-state index >= 15 is 0 Å². The average Bonchev–Trinajstić information content (AvgIpc) is 2.67. The zero-order chi connectivity index (χ0) is 20.1. The Hall–Kier alpha value is -2.71. The zero-order valence-electron chi connectivity index (χ0n) is 14.1. The molecule has 0 aliphatic rings. The maximum Gasteiger partial charge on any atom is 0.416 e. The lowest BCUT2D eigenvalue weighted by Gasteiger charge is -2.11. The Labute approximate surface area is 168 Å². The zero-order valence-corrected chi connectivity index (χ0v) is 15.7. The molecule has 144 valence electrons. The van der Waals surface area contributed by atoms with Crippen molar-refractivity contribution in [1.82, 2.24) is 4.98 Å². The predicted molar refractivity (Wildman–Crippen MR) is 105 cm³/mol. The van der Waals surface area contributed by atoms with Gasteiger partial charge in [0.1, 0.15) is 5.15 Å². The molecule has 2 N–H and O–H groups in total. The molecular formula is C19H13ClF3N3OS. The van der Waals surface area contributed by atoms with E-state index in [-0.39, 0.29) is 5.69 Å². The van der Waals surface area contributed by atoms with Gasteiger partial charge in [0.25, 0.3) is 5.91 Å². The number of carbonyl (C=O) groups is 1. The number of alkyl halides is 3. The molecule has 0 bridgehead atoms. The van der Waals surface area contributed by atoms with E-state index < -0.39 is 17.6 Å². The molecular weight excluding hydrogens is 411 g/mol. The van der Waals surface area contributed by atoms with Crippen molar-refractivity contribution in [3.8, 4) is 0 Å². The summed E-state index contributed by atoms with van der Waals surface area (Å²) in [6, 6.07) is 14.5. The maximum absolute atomic E-state index is 12.8. The number of hydrogen-bond acceptors (Lipinski definition) is 4. The van der Waals surface area contributed by atoms with Crippen molar-refractivity contribution in [1.29, 1.82) is 0 Å². The molecule has 3 rings (SSSR count). The summed E-state index contributed by atoms with van der Waals surface area (Å²) >= 11 is 7.02. The van der Waals surface area contributed by atoms with Crippen LogP contribution in [0.15, 0.2) is 71.8 Å². The third-order valence-corrected chi connectivity index (χ3v) is 4.60. The van der Waals surface area contributed by atoms with Crippen LogP contribution in [0.25, 0.3) is 0 Å². The number of nitrogens with zero attached hydrogens (tertiary/aromatic N) is 1. The third-order valence-electron chi connectivity index (χ3n) is 3.56. The number of nitrogens with one attached hydrogen (secondary N) is 2. The summed E-state index contributed by atoms with van der Waals surface area (Å²) in [5.41, 5.74) is 0.197. The lowest BCUT2D eigenvalue weighted by atomic mass is 10.1. The minimum Gasteiger partial charge on any atom is -0.326 e. The number of pyridine rings is 1. The summed E-state index contributed by atoms with van der Waals surface area (Å²) in [4.78, 5) is 17.2. The highest BCUT2D eigenvalue weighted by Gasteiger charge is 2.30. The Kier molecular flexibility index (Phi) is 6.11. The summed E-state index contributed by atoms with van der Waals surface area (Å²) < 4.78 is 41.5. The summed E-state index contributed by atoms with van der Waals surface area (Å²) in [5, 5.41) is 2.87. The summed E-state index contributed by atoms with van der Waals surface area (Å²) in [7, 11) is 0. The Morgan fingerprint density at radius 1 is 1.00 bits per heavy atom. The molecule has 1 heterocycles. The molecule has 28 heavy (non-hydrogen) atoms. The second-order valence-corrected chi connectivity index (χ2v) is 6.90. The SMILES string of the molecule is O=C(Nc1cccc(C(F)(F)F)c1)c1cccc(NSc2ccc(Cl)nc2)c1. The van der Waals surface area contributed by atoms with Gasteiger partial charge in [-0.25, -0.2) is 4.98 Å². The minimum absolute atomic E-state index is 0.0693. The van der Waals surface area contributed by atoms with E-state index in [4.69, 9.17) is 11.6 Å². The fourth-order valence-electron chi connectivity index (χ4n) is 2.24. The Balaban J connectivity index is 1.67. The van der Waals surface area contributed by atoms with Crippen molar-refractivity contribution in [2.24, 2.45) is 0 Å². The van der Waals surface area contributed by atoms with E-state index in [1.807, 2.05) is 0 Å². The molecule has 9 heteroatoms. The quantitative estimate of drug-likeness (QED) is 0.383. The molecule has 2 aromatic carbocycles. The topological polar surface area (TPSA) is 54.0 Å². The summed E-state index contributed by atoms with van der Waals surface area (Å²) in [5.74, 6) is -0.513. The molecule has 0 radical (unpaired) electrons. The van der Waals surface area contributed by atoms with Crippen LogP contribution in [0.2, 0.25) is 5.15 Å². The summed E-state index contributed by atoms with van der Waals surface area (Å²) in [6.07, 6.45) is -2.87. The van der Waals surface area contributed by atoms with E-state index in [9.17, 15) is 18.0 Å². The van der Waals surface area contributed by atoms with E-state index in [0.29, 0.717) is 16.4 Å². The first-order valence-corrected chi connectivity index (χ1v) is 9.14. The molecule has 0 saturated heterocycles. The van der Waals surface area contributed by atoms with Gasteiger partial charge >= 0.3 is 6.18 Å². The van der Waals surface area contributed by atoms with Crippen molar-refractivity contribution in [3.05, 3.63) is 83.1 Å². The van der Waals surface area contributed by atoms with Crippen LogP contribution >= 0.6 is 23.5 Å². The van der Waals surface area contributed by atoms with Crippen LogP contribution in [0, 0.1) is 0 Å². The van der Waals surface area contributed by atoms with Crippen LogP contribution in [0.1, 0.15) is 15.9 Å². The monoisotopic (exact) mass is 423 g/mol. The van der Waals surface area contributed by atoms with Crippen molar-refractivity contribution in [2.75, 3.05) is 10.0 Å². The number of benzene rings is 2. The van der Waals surface area contributed by atoms with E-state index in [2.05, 4.69) is 15.0 Å². The standard InChI is InChI=1S/C19H13ClF3N3OS/c20-17-8-7-16(11-24-17)28-26-15-6-1-3-12(9-15)18(27)25-14-5-2-4-13(10-14)19(21,22)23/h1-11,26H,(H,25,27). The Morgan fingerprint density at radius 3 is 2.46 bits per heavy atom. The predicted octanol–water partition coefficient (Wildman–Crippen LogP) is 6.13. The van der Waals surface area contributed by atoms with Crippen molar-refractivity contribution in [2.45, 2.75) is 11.1 Å². The van der Waals surface area contributed by atoms with Gasteiger partial charge in [-0.05, 0) is 60.5 Å². The van der Waals surface area contributed by atoms with Gasteiger partial charge in [0.05, 0.1) is 5.56 Å². The minimum atomic E-state index is -4.47. The van der Waals surface area contributed by atoms with Crippen molar-refractivity contribution >= 4 is 40.8 Å². The van der Waals surface area contributed by atoms with Gasteiger partial charge in [0.2, 0.25) is 0 Å². The molecule has 0 aliphatic carbocycles. The summed E-state index contributed by atoms with van der Waals surface area (Å²) in [6.45, 7) is 0. The first kappa shape index (κ1) is 20.0. The van der Waals surface area contributed by atoms with Crippen molar-refractivity contribution < 1.29 is 18.0 Å². The number of aromatic nitrogens is 1. The van der Waals surface area contributed by atoms with E-state index in [0.717, 1.165) is 17.0 Å². The number of anilines is 2. The third kappa shape index (κ3) is 5.40. The second kappa shape index (κ2) is 8.53. The van der Waals surface area contributed by atoms with Crippen LogP contribution in [-0.4, -0.2) is 10.9 Å². The highest BCUT2D eigenvalue weighted by atomic mass is 35.5. The second-order valence-electron chi connectivity index (χ2n) is 5.63. The smallest absolute Gasteiger partial charge is 0.326 e. The first-order valence-electron chi connectivity index (χ1n) is 7.94. The van der Waals surface area contributed by atoms with Crippen LogP contribution in [-0.2, 0) is 6.18 Å². The molecule has 0 atom stereocenters. The molecule has 1 aromatic heterocycles. The fraction of sp³-hybridized carbons (Fsp3) is 0.0526. The lowest BCUT2D eigenvalue weighted by molar-refractivity contribution is -0.137. The molecule has 0 spiro atoms. The van der Waals surface area contributed by atoms with Gasteiger partial charge in [-0.15, -0.1) is 0 Å². The van der Waals surface area contributed by atoms with Gasteiger partial charge in [-0.1, -0.05) is 23.7 Å². The molecule has 1 amide bonds. The molecule has 0 fully saturated rings.